The van der Waals surface area contributed by atoms with Gasteiger partial charge in [0.1, 0.15) is 0 Å². The van der Waals surface area contributed by atoms with E-state index in [9.17, 15) is 105 Å². The summed E-state index contributed by atoms with van der Waals surface area (Å²) in [6, 6.07) is 0.252. The fourth-order valence-corrected chi connectivity index (χ4v) is 13.1. The van der Waals surface area contributed by atoms with Gasteiger partial charge in [0.2, 0.25) is 13.6 Å². The lowest BCUT2D eigenvalue weighted by Gasteiger charge is -2.29. The van der Waals surface area contributed by atoms with Crippen LogP contribution in [0.2, 0.25) is 0 Å². The first-order chi connectivity index (χ1) is 34.7. The van der Waals surface area contributed by atoms with E-state index in [1.807, 2.05) is 0 Å². The molecule has 0 amide bonds. The number of ether oxygens (including phenoxy) is 4. The number of halogens is 24. The summed E-state index contributed by atoms with van der Waals surface area (Å²) >= 11 is 0. The van der Waals surface area contributed by atoms with Gasteiger partial charge in [0.05, 0.1) is 44.5 Å². The quantitative estimate of drug-likeness (QED) is 0.118. The molecule has 0 radical (unpaired) electrons. The van der Waals surface area contributed by atoms with Crippen molar-refractivity contribution < 1.29 is 124 Å². The van der Waals surface area contributed by atoms with Crippen molar-refractivity contribution in [1.82, 2.24) is 0 Å². The monoisotopic (exact) mass is 1150 g/mol. The molecule has 0 saturated carbocycles. The lowest BCUT2D eigenvalue weighted by atomic mass is 10.0. The van der Waals surface area contributed by atoms with Crippen molar-refractivity contribution in [2.45, 2.75) is 49.4 Å². The largest absolute Gasteiger partial charge is 0.454 e. The van der Waals surface area contributed by atoms with Crippen molar-refractivity contribution in [2.24, 2.45) is 0 Å². The molecule has 406 valence electrons. The third-order valence-electron chi connectivity index (χ3n) is 11.1. The van der Waals surface area contributed by atoms with E-state index in [1.54, 1.807) is 0 Å². The molecular weight excluding hydrogens is 1130 g/mol. The zero-order chi connectivity index (χ0) is 56.3. The summed E-state index contributed by atoms with van der Waals surface area (Å²) in [5.74, 6) is -2.85. The SMILES string of the molecule is FC(F)(F)c1cc(P(c2cc(C(F)(F)F)cc(C(F)(F)F)c2)c2ccc3c(c2-c2c(P(c4cc(C(F)(F)F)cc(C(F)(F)F)c4)c4cc(C(F)(F)F)cc(C(F)(F)F)c4)ccc4c2OCO4)OCO3)cc(C(F)(F)F)c1. The summed E-state index contributed by atoms with van der Waals surface area (Å²) in [7, 11) is -7.80. The standard InChI is InChI=1S/C46H20F24O4P2/c47-39(48,49)19-5-20(40(50,51)52)10-27(9-19)75(28-11-21(41(53,54)55)6-22(12-28)42(56,57)58)33-3-1-31-37(73-17-71-31)35(33)36-34(4-2-32-38(36)74-18-72-32)76(29-13-23(43(59,60)61)7-24(14-29)44(62,63)64)30-15-25(45(65,66)67)8-26(16-30)46(68,69)70/h1-16H,17-18H2. The van der Waals surface area contributed by atoms with Crippen molar-refractivity contribution in [2.75, 3.05) is 13.6 Å². The van der Waals surface area contributed by atoms with Crippen LogP contribution in [0.25, 0.3) is 11.1 Å². The fraction of sp³-hybridized carbons (Fsp3) is 0.217. The second kappa shape index (κ2) is 18.7. The Bertz CT molecular complexity index is 2740. The first-order valence-electron chi connectivity index (χ1n) is 20.3. The molecule has 0 N–H and O–H groups in total. The summed E-state index contributed by atoms with van der Waals surface area (Å²) in [5, 5.41) is -7.42. The third kappa shape index (κ3) is 11.2. The van der Waals surface area contributed by atoms with E-state index >= 15 is 0 Å². The van der Waals surface area contributed by atoms with E-state index in [0.29, 0.717) is 12.1 Å². The fourth-order valence-electron chi connectivity index (χ4n) is 7.90. The zero-order valence-corrected chi connectivity index (χ0v) is 38.0. The summed E-state index contributed by atoms with van der Waals surface area (Å²) in [4.78, 5) is 0. The molecule has 0 saturated heterocycles. The number of hydrogen-bond donors (Lipinski definition) is 0. The third-order valence-corrected chi connectivity index (χ3v) is 15.9. The summed E-state index contributed by atoms with van der Waals surface area (Å²) in [5.41, 5.74) is -19.6. The van der Waals surface area contributed by atoms with Crippen LogP contribution in [0.3, 0.4) is 0 Å². The van der Waals surface area contributed by atoms with Gasteiger partial charge in [-0.2, -0.15) is 105 Å². The van der Waals surface area contributed by atoms with Crippen molar-refractivity contribution >= 4 is 47.7 Å². The molecule has 6 aromatic carbocycles. The lowest BCUT2D eigenvalue weighted by molar-refractivity contribution is -0.144. The second-order valence-corrected chi connectivity index (χ2v) is 20.5. The van der Waals surface area contributed by atoms with Gasteiger partial charge in [-0.3, -0.25) is 0 Å². The molecule has 2 aliphatic heterocycles. The molecule has 30 heteroatoms. The number of benzene rings is 6. The van der Waals surface area contributed by atoms with Crippen LogP contribution < -0.4 is 50.8 Å². The smallest absolute Gasteiger partial charge is 0.416 e. The number of alkyl halides is 24. The Hall–Kier alpha value is -6.30. The number of hydrogen-bond acceptors (Lipinski definition) is 4. The highest BCUT2D eigenvalue weighted by atomic mass is 31.1. The summed E-state index contributed by atoms with van der Waals surface area (Å²) in [6.07, 6.45) is -46.3. The van der Waals surface area contributed by atoms with Gasteiger partial charge < -0.3 is 18.9 Å². The minimum absolute atomic E-state index is 0.0890. The molecule has 2 aliphatic rings. The number of rotatable bonds is 7. The Kier molecular flexibility index (Phi) is 13.8. The maximum absolute atomic E-state index is 14.6. The van der Waals surface area contributed by atoms with Crippen molar-refractivity contribution in [3.05, 3.63) is 142 Å². The van der Waals surface area contributed by atoms with Crippen LogP contribution in [0.1, 0.15) is 44.5 Å². The first-order valence-corrected chi connectivity index (χ1v) is 23.0. The topological polar surface area (TPSA) is 36.9 Å². The van der Waals surface area contributed by atoms with Crippen LogP contribution in [0.15, 0.2) is 97.1 Å². The minimum Gasteiger partial charge on any atom is -0.454 e. The van der Waals surface area contributed by atoms with Gasteiger partial charge in [0, 0.05) is 11.1 Å². The highest BCUT2D eigenvalue weighted by Gasteiger charge is 2.45. The van der Waals surface area contributed by atoms with Gasteiger partial charge in [-0.05, 0) is 145 Å². The van der Waals surface area contributed by atoms with E-state index in [0.717, 1.165) is 12.1 Å². The van der Waals surface area contributed by atoms with Crippen LogP contribution in [-0.2, 0) is 49.4 Å². The van der Waals surface area contributed by atoms with Gasteiger partial charge >= 0.3 is 49.4 Å². The van der Waals surface area contributed by atoms with Crippen LogP contribution in [-0.4, -0.2) is 13.6 Å². The zero-order valence-electron chi connectivity index (χ0n) is 36.3. The van der Waals surface area contributed by atoms with Gasteiger partial charge in [-0.15, -0.1) is 0 Å². The molecule has 0 aliphatic carbocycles. The highest BCUT2D eigenvalue weighted by Crippen LogP contribution is 2.55. The molecular formula is C46H20F24O4P2. The van der Waals surface area contributed by atoms with Crippen molar-refractivity contribution in [1.29, 1.82) is 0 Å². The van der Waals surface area contributed by atoms with Crippen molar-refractivity contribution in [3.63, 3.8) is 0 Å². The number of fused-ring (bicyclic) bond motifs is 2. The second-order valence-electron chi connectivity index (χ2n) is 16.1. The van der Waals surface area contributed by atoms with Gasteiger partial charge in [-0.1, -0.05) is 0 Å². The Balaban J connectivity index is 1.61. The highest BCUT2D eigenvalue weighted by molar-refractivity contribution is 7.80. The van der Waals surface area contributed by atoms with Gasteiger partial charge in [-0.25, -0.2) is 0 Å². The molecule has 0 atom stereocenters. The Morgan fingerprint density at radius 2 is 0.461 bits per heavy atom. The molecule has 0 bridgehead atoms. The normalized spacial score (nSPS) is 14.6. The average Bonchev–Trinajstić information content (AvgIpc) is 3.97. The van der Waals surface area contributed by atoms with E-state index < -0.39 is 214 Å². The lowest BCUT2D eigenvalue weighted by Crippen LogP contribution is -2.29. The average molecular weight is 1150 g/mol. The minimum atomic E-state index is -5.78. The van der Waals surface area contributed by atoms with E-state index in [4.69, 9.17) is 18.9 Å². The summed E-state index contributed by atoms with van der Waals surface area (Å²) < 4.78 is 372. The van der Waals surface area contributed by atoms with Crippen LogP contribution >= 0.6 is 15.8 Å². The molecule has 76 heavy (non-hydrogen) atoms. The van der Waals surface area contributed by atoms with E-state index in [2.05, 4.69) is 0 Å². The first kappa shape index (κ1) is 55.9. The Morgan fingerprint density at radius 1 is 0.263 bits per heavy atom. The van der Waals surface area contributed by atoms with Crippen LogP contribution in [0.4, 0.5) is 105 Å². The predicted molar refractivity (Wildman–Crippen MR) is 222 cm³/mol. The van der Waals surface area contributed by atoms with E-state index in [-0.39, 0.29) is 48.5 Å². The van der Waals surface area contributed by atoms with Crippen molar-refractivity contribution in [3.8, 4) is 34.1 Å². The molecule has 0 aromatic heterocycles. The maximum atomic E-state index is 14.6. The molecule has 2 heterocycles. The molecule has 8 rings (SSSR count). The maximum Gasteiger partial charge on any atom is 0.416 e. The van der Waals surface area contributed by atoms with Crippen LogP contribution in [0.5, 0.6) is 23.0 Å². The molecule has 0 fully saturated rings. The van der Waals surface area contributed by atoms with E-state index in [1.165, 1.54) is 0 Å². The Labute approximate surface area is 410 Å². The molecule has 4 nitrogen and oxygen atoms in total. The van der Waals surface area contributed by atoms with Crippen LogP contribution in [0, 0.1) is 0 Å². The molecule has 6 aromatic rings. The Morgan fingerprint density at radius 3 is 0.645 bits per heavy atom. The predicted octanol–water partition coefficient (Wildman–Crippen LogP) is 14.5. The molecule has 0 unspecified atom stereocenters. The summed E-state index contributed by atoms with van der Waals surface area (Å²) in [6.45, 7) is -1.93. The molecule has 0 spiro atoms. The van der Waals surface area contributed by atoms with Gasteiger partial charge in [0.15, 0.2) is 23.0 Å². The van der Waals surface area contributed by atoms with Gasteiger partial charge in [0.25, 0.3) is 0 Å².